The zero-order valence-corrected chi connectivity index (χ0v) is 11.6. The molecule has 0 aliphatic heterocycles. The summed E-state index contributed by atoms with van der Waals surface area (Å²) in [6, 6.07) is 0. The number of hydrogen-bond donors (Lipinski definition) is 0. The summed E-state index contributed by atoms with van der Waals surface area (Å²) in [6.45, 7) is 3.41. The van der Waals surface area contributed by atoms with Gasteiger partial charge in [0.2, 0.25) is 0 Å². The topological polar surface area (TPSA) is 9.86 Å². The van der Waals surface area contributed by atoms with Crippen LogP contribution >= 0.6 is 0 Å². The molecule has 3 heteroatoms. The van der Waals surface area contributed by atoms with Gasteiger partial charge in [0.25, 0.3) is 0 Å². The predicted molar refractivity (Wildman–Crippen MR) is 65.8 cm³/mol. The van der Waals surface area contributed by atoms with Gasteiger partial charge in [0.05, 0.1) is 0 Å². The van der Waals surface area contributed by atoms with Crippen LogP contribution in [0.15, 0.2) is 12.4 Å². The average molecular weight is 273 g/mol. The van der Waals surface area contributed by atoms with Crippen molar-refractivity contribution >= 4 is 15.6 Å². The minimum absolute atomic E-state index is 1.15. The fourth-order valence-corrected chi connectivity index (χ4v) is 2.19. The van der Waals surface area contributed by atoms with Crippen LogP contribution in [0.4, 0.5) is 0 Å². The van der Waals surface area contributed by atoms with Crippen molar-refractivity contribution < 1.29 is 0 Å². The molecule has 0 aromatic carbocycles. The van der Waals surface area contributed by atoms with Gasteiger partial charge in [0.1, 0.15) is 0 Å². The normalized spacial score (nSPS) is 10.8. The molecule has 0 fully saturated rings. The fraction of sp³-hybridized carbons (Fsp3) is 0.750. The first-order chi connectivity index (χ1) is 7.25. The number of rotatable bonds is 7. The van der Waals surface area contributed by atoms with Crippen molar-refractivity contribution in [2.24, 2.45) is 7.05 Å². The molecule has 1 aromatic heterocycles. The van der Waals surface area contributed by atoms with Gasteiger partial charge in [-0.05, 0) is 0 Å². The molecule has 0 unspecified atom stereocenters. The Balaban J connectivity index is 2.15. The summed E-state index contributed by atoms with van der Waals surface area (Å²) in [4.78, 5) is 0. The molecule has 2 nitrogen and oxygen atoms in total. The standard InChI is InChI=1S/C12H22N2Se/c1-3-4-5-6-7-8-9-14-11-10-13(2)12(14)15/h10-11H,3-9H2,1-2H3. The molecule has 0 bridgehead atoms. The van der Waals surface area contributed by atoms with Crippen molar-refractivity contribution in [1.29, 1.82) is 0 Å². The minimum atomic E-state index is 1.15. The summed E-state index contributed by atoms with van der Waals surface area (Å²) in [5, 5.41) is 0. The second-order valence-electron chi connectivity index (χ2n) is 4.15. The first-order valence-electron chi connectivity index (χ1n) is 5.97. The zero-order chi connectivity index (χ0) is 11.1. The Hall–Kier alpha value is -0.271. The molecule has 0 aliphatic rings. The Morgan fingerprint density at radius 2 is 1.73 bits per heavy atom. The molecule has 15 heavy (non-hydrogen) atoms. The molecule has 0 saturated heterocycles. The summed E-state index contributed by atoms with van der Waals surface area (Å²) in [5.41, 5.74) is 0. The summed E-state index contributed by atoms with van der Waals surface area (Å²) in [7, 11) is 2.07. The van der Waals surface area contributed by atoms with Gasteiger partial charge in [-0.15, -0.1) is 0 Å². The maximum absolute atomic E-state index is 3.11. The molecule has 1 aromatic rings. The molecular weight excluding hydrogens is 251 g/mol. The zero-order valence-electron chi connectivity index (χ0n) is 9.91. The van der Waals surface area contributed by atoms with Crippen LogP contribution < -0.4 is 0 Å². The number of aryl methyl sites for hydroxylation is 2. The first kappa shape index (κ1) is 12.8. The van der Waals surface area contributed by atoms with Crippen molar-refractivity contribution in [1.82, 2.24) is 9.13 Å². The van der Waals surface area contributed by atoms with Crippen LogP contribution in [-0.2, 0) is 13.6 Å². The first-order valence-corrected chi connectivity index (χ1v) is 6.83. The van der Waals surface area contributed by atoms with Gasteiger partial charge < -0.3 is 0 Å². The van der Waals surface area contributed by atoms with Crippen LogP contribution in [0.25, 0.3) is 0 Å². The van der Waals surface area contributed by atoms with E-state index in [1.807, 2.05) is 0 Å². The summed E-state index contributed by atoms with van der Waals surface area (Å²) >= 11 is 3.11. The van der Waals surface area contributed by atoms with Crippen molar-refractivity contribution in [3.8, 4) is 0 Å². The molecule has 0 spiro atoms. The Kier molecular flexibility index (Phi) is 6.04. The van der Waals surface area contributed by atoms with E-state index < -0.39 is 0 Å². The predicted octanol–water partition coefficient (Wildman–Crippen LogP) is 2.89. The molecule has 0 atom stereocenters. The summed E-state index contributed by atoms with van der Waals surface area (Å²) in [5.74, 6) is 0. The SMILES string of the molecule is CCCCCCCCn1ccn(C)c1=[Se]. The Morgan fingerprint density at radius 1 is 1.07 bits per heavy atom. The van der Waals surface area contributed by atoms with E-state index in [9.17, 15) is 0 Å². The molecule has 86 valence electrons. The fourth-order valence-electron chi connectivity index (χ4n) is 1.74. The van der Waals surface area contributed by atoms with Crippen LogP contribution in [0.3, 0.4) is 0 Å². The van der Waals surface area contributed by atoms with Crippen molar-refractivity contribution in [2.75, 3.05) is 0 Å². The monoisotopic (exact) mass is 274 g/mol. The van der Waals surface area contributed by atoms with Gasteiger partial charge in [-0.3, -0.25) is 0 Å². The van der Waals surface area contributed by atoms with E-state index in [1.54, 1.807) is 0 Å². The van der Waals surface area contributed by atoms with Gasteiger partial charge in [-0.1, -0.05) is 0 Å². The number of aromatic nitrogens is 2. The Morgan fingerprint density at radius 3 is 2.33 bits per heavy atom. The van der Waals surface area contributed by atoms with E-state index in [2.05, 4.69) is 51.1 Å². The van der Waals surface area contributed by atoms with E-state index >= 15 is 0 Å². The molecular formula is C12H22N2Se. The number of unbranched alkanes of at least 4 members (excludes halogenated alkanes) is 5. The van der Waals surface area contributed by atoms with Crippen LogP contribution in [0.1, 0.15) is 45.4 Å². The molecule has 0 aliphatic carbocycles. The summed E-state index contributed by atoms with van der Waals surface area (Å²) < 4.78 is 5.64. The molecule has 0 amide bonds. The van der Waals surface area contributed by atoms with E-state index in [0.29, 0.717) is 0 Å². The second kappa shape index (κ2) is 7.08. The molecule has 0 radical (unpaired) electrons. The van der Waals surface area contributed by atoms with Gasteiger partial charge in [-0.25, -0.2) is 0 Å². The maximum atomic E-state index is 3.11. The summed E-state index contributed by atoms with van der Waals surface area (Å²) in [6.07, 6.45) is 12.4. The van der Waals surface area contributed by atoms with E-state index in [0.717, 1.165) is 6.54 Å². The Labute approximate surface area is 101 Å². The third-order valence-electron chi connectivity index (χ3n) is 2.77. The van der Waals surface area contributed by atoms with Crippen molar-refractivity contribution in [3.05, 3.63) is 16.7 Å². The third kappa shape index (κ3) is 4.40. The van der Waals surface area contributed by atoms with E-state index in [4.69, 9.17) is 0 Å². The molecule has 1 heterocycles. The molecule has 1 rings (SSSR count). The van der Waals surface area contributed by atoms with Gasteiger partial charge in [0, 0.05) is 0 Å². The number of hydrogen-bond acceptors (Lipinski definition) is 0. The Bertz CT molecular complexity index is 325. The van der Waals surface area contributed by atoms with Gasteiger partial charge in [-0.2, -0.15) is 0 Å². The van der Waals surface area contributed by atoms with Crippen LogP contribution in [-0.4, -0.2) is 24.7 Å². The quantitative estimate of drug-likeness (QED) is 0.534. The van der Waals surface area contributed by atoms with Gasteiger partial charge in [0.15, 0.2) is 0 Å². The van der Waals surface area contributed by atoms with Crippen LogP contribution in [0.5, 0.6) is 0 Å². The third-order valence-corrected chi connectivity index (χ3v) is 3.87. The second-order valence-corrected chi connectivity index (χ2v) is 4.92. The number of nitrogens with zero attached hydrogens (tertiary/aromatic N) is 2. The van der Waals surface area contributed by atoms with Gasteiger partial charge >= 0.3 is 100 Å². The van der Waals surface area contributed by atoms with E-state index in [1.165, 1.54) is 42.8 Å². The molecule has 0 N–H and O–H groups in total. The van der Waals surface area contributed by atoms with E-state index in [-0.39, 0.29) is 0 Å². The molecule has 0 saturated carbocycles. The average Bonchev–Trinajstić information content (AvgIpc) is 2.54. The number of imidazole rings is 1. The van der Waals surface area contributed by atoms with Crippen LogP contribution in [0.2, 0.25) is 0 Å². The van der Waals surface area contributed by atoms with Crippen molar-refractivity contribution in [3.63, 3.8) is 0 Å². The van der Waals surface area contributed by atoms with Crippen molar-refractivity contribution in [2.45, 2.75) is 52.0 Å². The van der Waals surface area contributed by atoms with Crippen LogP contribution in [0, 0.1) is 4.32 Å².